The van der Waals surface area contributed by atoms with Crippen molar-refractivity contribution < 1.29 is 0 Å². The smallest absolute Gasteiger partial charge is 0.0738 e. The Morgan fingerprint density at radius 1 is 1.60 bits per heavy atom. The van der Waals surface area contributed by atoms with E-state index in [1.165, 1.54) is 0 Å². The minimum absolute atomic E-state index is 0.532. The summed E-state index contributed by atoms with van der Waals surface area (Å²) < 4.78 is 0. The van der Waals surface area contributed by atoms with Gasteiger partial charge in [0.25, 0.3) is 0 Å². The SMILES string of the molecule is CCC(CSC)N(C)c1ccncc1N. The van der Waals surface area contributed by atoms with Gasteiger partial charge in [-0.15, -0.1) is 0 Å². The molecule has 1 aromatic rings. The van der Waals surface area contributed by atoms with Crippen LogP contribution in [-0.2, 0) is 0 Å². The highest BCUT2D eigenvalue weighted by atomic mass is 32.2. The summed E-state index contributed by atoms with van der Waals surface area (Å²) >= 11 is 1.87. The van der Waals surface area contributed by atoms with Gasteiger partial charge in [0.15, 0.2) is 0 Å². The fraction of sp³-hybridized carbons (Fsp3) is 0.545. The van der Waals surface area contributed by atoms with Crippen LogP contribution >= 0.6 is 11.8 Å². The molecule has 4 heteroatoms. The highest BCUT2D eigenvalue weighted by Crippen LogP contribution is 2.23. The molecule has 2 N–H and O–H groups in total. The third kappa shape index (κ3) is 3.02. The number of thioether (sulfide) groups is 1. The molecule has 0 aliphatic heterocycles. The van der Waals surface area contributed by atoms with Gasteiger partial charge in [0.1, 0.15) is 0 Å². The standard InChI is InChI=1S/C11H19N3S/c1-4-9(8-15-3)14(2)11-5-6-13-7-10(11)12/h5-7,9H,4,8,12H2,1-3H3. The van der Waals surface area contributed by atoms with Crippen molar-refractivity contribution in [3.8, 4) is 0 Å². The van der Waals surface area contributed by atoms with E-state index in [4.69, 9.17) is 5.73 Å². The number of pyridine rings is 1. The van der Waals surface area contributed by atoms with Crippen molar-refractivity contribution >= 4 is 23.1 Å². The van der Waals surface area contributed by atoms with Gasteiger partial charge in [-0.3, -0.25) is 4.98 Å². The van der Waals surface area contributed by atoms with E-state index in [1.54, 1.807) is 12.4 Å². The molecule has 0 aliphatic carbocycles. The lowest BCUT2D eigenvalue weighted by Crippen LogP contribution is -2.33. The van der Waals surface area contributed by atoms with E-state index in [-0.39, 0.29) is 0 Å². The van der Waals surface area contributed by atoms with Crippen LogP contribution in [0.3, 0.4) is 0 Å². The zero-order chi connectivity index (χ0) is 11.3. The van der Waals surface area contributed by atoms with Crippen molar-refractivity contribution in [3.05, 3.63) is 18.5 Å². The number of nitrogens with two attached hydrogens (primary N) is 1. The molecule has 1 heterocycles. The molecule has 84 valence electrons. The molecule has 0 aromatic carbocycles. The van der Waals surface area contributed by atoms with Gasteiger partial charge in [-0.25, -0.2) is 0 Å². The van der Waals surface area contributed by atoms with E-state index in [1.807, 2.05) is 17.8 Å². The number of nitrogen functional groups attached to an aromatic ring is 1. The van der Waals surface area contributed by atoms with Crippen molar-refractivity contribution in [2.24, 2.45) is 0 Å². The first-order chi connectivity index (χ1) is 7.20. The minimum Gasteiger partial charge on any atom is -0.396 e. The number of hydrogen-bond donors (Lipinski definition) is 1. The first-order valence-corrected chi connectivity index (χ1v) is 6.51. The Morgan fingerprint density at radius 3 is 2.87 bits per heavy atom. The molecule has 1 unspecified atom stereocenters. The van der Waals surface area contributed by atoms with Gasteiger partial charge in [0.05, 0.1) is 17.6 Å². The molecule has 0 amide bonds. The molecule has 0 spiro atoms. The summed E-state index contributed by atoms with van der Waals surface area (Å²) in [5.74, 6) is 1.12. The van der Waals surface area contributed by atoms with Crippen LogP contribution < -0.4 is 10.6 Å². The van der Waals surface area contributed by atoms with E-state index in [2.05, 4.69) is 30.1 Å². The van der Waals surface area contributed by atoms with E-state index < -0.39 is 0 Å². The summed E-state index contributed by atoms with van der Waals surface area (Å²) in [6.07, 6.45) is 6.75. The molecule has 0 fully saturated rings. The van der Waals surface area contributed by atoms with E-state index in [0.29, 0.717) is 6.04 Å². The van der Waals surface area contributed by atoms with Gasteiger partial charge in [-0.2, -0.15) is 11.8 Å². The van der Waals surface area contributed by atoms with Crippen molar-refractivity contribution in [2.75, 3.05) is 29.7 Å². The van der Waals surface area contributed by atoms with Gasteiger partial charge in [-0.1, -0.05) is 6.92 Å². The average Bonchev–Trinajstić information content (AvgIpc) is 2.25. The number of rotatable bonds is 5. The van der Waals surface area contributed by atoms with Crippen molar-refractivity contribution in [1.29, 1.82) is 0 Å². The number of aromatic nitrogens is 1. The highest BCUT2D eigenvalue weighted by molar-refractivity contribution is 7.98. The van der Waals surface area contributed by atoms with Gasteiger partial charge in [-0.05, 0) is 18.7 Å². The Hall–Kier alpha value is -0.900. The van der Waals surface area contributed by atoms with Crippen molar-refractivity contribution in [1.82, 2.24) is 4.98 Å². The molecular formula is C11H19N3S. The predicted octanol–water partition coefficient (Wildman–Crippen LogP) is 2.24. The number of hydrogen-bond acceptors (Lipinski definition) is 4. The number of nitrogens with zero attached hydrogens (tertiary/aromatic N) is 2. The molecule has 15 heavy (non-hydrogen) atoms. The minimum atomic E-state index is 0.532. The fourth-order valence-corrected chi connectivity index (χ4v) is 2.46. The molecule has 0 saturated carbocycles. The quantitative estimate of drug-likeness (QED) is 0.834. The molecule has 1 atom stereocenters. The van der Waals surface area contributed by atoms with E-state index >= 15 is 0 Å². The maximum absolute atomic E-state index is 5.90. The summed E-state index contributed by atoms with van der Waals surface area (Å²) in [5.41, 5.74) is 7.72. The Labute approximate surface area is 96.1 Å². The molecule has 0 radical (unpaired) electrons. The number of anilines is 2. The van der Waals surface area contributed by atoms with Crippen LogP contribution in [0, 0.1) is 0 Å². The average molecular weight is 225 g/mol. The first-order valence-electron chi connectivity index (χ1n) is 5.12. The van der Waals surface area contributed by atoms with Crippen LogP contribution in [-0.4, -0.2) is 30.1 Å². The van der Waals surface area contributed by atoms with E-state index in [0.717, 1.165) is 23.5 Å². The van der Waals surface area contributed by atoms with E-state index in [9.17, 15) is 0 Å². The van der Waals surface area contributed by atoms with Gasteiger partial charge in [0, 0.05) is 25.0 Å². The maximum atomic E-state index is 5.90. The maximum Gasteiger partial charge on any atom is 0.0738 e. The zero-order valence-electron chi connectivity index (χ0n) is 9.60. The van der Waals surface area contributed by atoms with Crippen LogP contribution in [0.5, 0.6) is 0 Å². The second-order valence-electron chi connectivity index (χ2n) is 3.56. The molecule has 1 rings (SSSR count). The topological polar surface area (TPSA) is 42.2 Å². The summed E-state index contributed by atoms with van der Waals surface area (Å²) in [4.78, 5) is 6.25. The van der Waals surface area contributed by atoms with Crippen LogP contribution in [0.1, 0.15) is 13.3 Å². The molecule has 0 bridgehead atoms. The van der Waals surface area contributed by atoms with Crippen LogP contribution in [0.15, 0.2) is 18.5 Å². The second-order valence-corrected chi connectivity index (χ2v) is 4.47. The van der Waals surface area contributed by atoms with Crippen LogP contribution in [0.4, 0.5) is 11.4 Å². The Morgan fingerprint density at radius 2 is 2.33 bits per heavy atom. The van der Waals surface area contributed by atoms with Crippen LogP contribution in [0.2, 0.25) is 0 Å². The third-order valence-electron chi connectivity index (χ3n) is 2.59. The third-order valence-corrected chi connectivity index (χ3v) is 3.30. The summed E-state index contributed by atoms with van der Waals surface area (Å²) in [6.45, 7) is 2.20. The first kappa shape index (κ1) is 12.2. The zero-order valence-corrected chi connectivity index (χ0v) is 10.4. The summed E-state index contributed by atoms with van der Waals surface area (Å²) in [5, 5.41) is 0. The largest absolute Gasteiger partial charge is 0.396 e. The predicted molar refractivity (Wildman–Crippen MR) is 69.5 cm³/mol. The molecule has 3 nitrogen and oxygen atoms in total. The van der Waals surface area contributed by atoms with Gasteiger partial charge < -0.3 is 10.6 Å². The highest BCUT2D eigenvalue weighted by Gasteiger charge is 2.14. The lowest BCUT2D eigenvalue weighted by Gasteiger charge is -2.29. The van der Waals surface area contributed by atoms with Gasteiger partial charge >= 0.3 is 0 Å². The molecular weight excluding hydrogens is 206 g/mol. The fourth-order valence-electron chi connectivity index (χ4n) is 1.61. The summed E-state index contributed by atoms with van der Waals surface area (Å²) in [7, 11) is 2.09. The Kier molecular flexibility index (Phi) is 4.75. The monoisotopic (exact) mass is 225 g/mol. The second kappa shape index (κ2) is 5.85. The Bertz CT molecular complexity index is 304. The normalized spacial score (nSPS) is 12.5. The van der Waals surface area contributed by atoms with Crippen molar-refractivity contribution in [2.45, 2.75) is 19.4 Å². The Balaban J connectivity index is 2.82. The molecule has 0 saturated heterocycles. The summed E-state index contributed by atoms with van der Waals surface area (Å²) in [6, 6.07) is 2.50. The van der Waals surface area contributed by atoms with Gasteiger partial charge in [0.2, 0.25) is 0 Å². The van der Waals surface area contributed by atoms with Crippen molar-refractivity contribution in [3.63, 3.8) is 0 Å². The lowest BCUT2D eigenvalue weighted by molar-refractivity contribution is 0.673. The van der Waals surface area contributed by atoms with Crippen LogP contribution in [0.25, 0.3) is 0 Å². The molecule has 0 aliphatic rings. The molecule has 1 aromatic heterocycles. The lowest BCUT2D eigenvalue weighted by atomic mass is 10.2.